The maximum Gasteiger partial charge on any atom is 0.363 e. The van der Waals surface area contributed by atoms with Gasteiger partial charge in [-0.3, -0.25) is 10.1 Å². The van der Waals surface area contributed by atoms with Crippen molar-refractivity contribution in [1.82, 2.24) is 4.98 Å². The zero-order chi connectivity index (χ0) is 17.8. The molecule has 0 N–H and O–H groups in total. The first-order valence-electron chi connectivity index (χ1n) is 7.14. The molecule has 0 fully saturated rings. The van der Waals surface area contributed by atoms with E-state index in [-0.39, 0.29) is 22.9 Å². The van der Waals surface area contributed by atoms with Crippen molar-refractivity contribution in [2.75, 3.05) is 7.11 Å². The number of nitro benzene ring substituents is 1. The summed E-state index contributed by atoms with van der Waals surface area (Å²) in [5, 5.41) is 13.1. The first kappa shape index (κ1) is 16.6. The first-order chi connectivity index (χ1) is 12.1. The second-order valence-electron chi connectivity index (χ2n) is 4.89. The van der Waals surface area contributed by atoms with E-state index >= 15 is 0 Å². The Morgan fingerprint density at radius 2 is 1.92 bits per heavy atom. The van der Waals surface area contributed by atoms with Gasteiger partial charge in [0.05, 0.1) is 18.1 Å². The Bertz CT molecular complexity index is 924. The van der Waals surface area contributed by atoms with Gasteiger partial charge in [0.2, 0.25) is 0 Å². The molecule has 0 aliphatic heterocycles. The molecule has 25 heavy (non-hydrogen) atoms. The highest BCUT2D eigenvalue weighted by Gasteiger charge is 2.19. The van der Waals surface area contributed by atoms with E-state index in [2.05, 4.69) is 4.98 Å². The Morgan fingerprint density at radius 1 is 1.16 bits per heavy atom. The molecule has 0 atom stereocenters. The second kappa shape index (κ2) is 7.10. The van der Waals surface area contributed by atoms with Crippen LogP contribution in [0.15, 0.2) is 53.9 Å². The fourth-order valence-electron chi connectivity index (χ4n) is 2.09. The molecule has 0 amide bonds. The number of carbonyl (C=O) groups excluding carboxylic acids is 1. The number of aromatic nitrogens is 1. The number of rotatable bonds is 5. The molecular formula is C17H12N2O5S. The lowest BCUT2D eigenvalue weighted by Gasteiger charge is -2.07. The number of hydrogen-bond acceptors (Lipinski definition) is 7. The average Bonchev–Trinajstić information content (AvgIpc) is 3.12. The highest BCUT2D eigenvalue weighted by Crippen LogP contribution is 2.32. The fourth-order valence-corrected chi connectivity index (χ4v) is 2.89. The third-order valence-corrected chi connectivity index (χ3v) is 4.19. The molecule has 126 valence electrons. The number of benzene rings is 2. The number of nitrogens with zero attached hydrogens (tertiary/aromatic N) is 2. The zero-order valence-electron chi connectivity index (χ0n) is 13.0. The summed E-state index contributed by atoms with van der Waals surface area (Å²) < 4.78 is 10.3. The van der Waals surface area contributed by atoms with Gasteiger partial charge in [-0.15, -0.1) is 11.3 Å². The number of nitro groups is 1. The van der Waals surface area contributed by atoms with Gasteiger partial charge >= 0.3 is 5.97 Å². The van der Waals surface area contributed by atoms with Crippen LogP contribution in [-0.2, 0) is 0 Å². The smallest absolute Gasteiger partial charge is 0.363 e. The van der Waals surface area contributed by atoms with E-state index in [0.29, 0.717) is 5.01 Å². The number of carbonyl (C=O) groups is 1. The van der Waals surface area contributed by atoms with Crippen molar-refractivity contribution in [3.05, 3.63) is 69.7 Å². The summed E-state index contributed by atoms with van der Waals surface area (Å²) in [5.41, 5.74) is 0.809. The van der Waals surface area contributed by atoms with Crippen LogP contribution < -0.4 is 9.47 Å². The molecule has 0 bridgehead atoms. The molecular weight excluding hydrogens is 344 g/mol. The molecule has 2 aromatic carbocycles. The van der Waals surface area contributed by atoms with E-state index in [4.69, 9.17) is 9.47 Å². The topological polar surface area (TPSA) is 91.6 Å². The molecule has 1 heterocycles. The third-order valence-electron chi connectivity index (χ3n) is 3.29. The van der Waals surface area contributed by atoms with E-state index < -0.39 is 10.9 Å². The van der Waals surface area contributed by atoms with Crippen molar-refractivity contribution in [2.24, 2.45) is 0 Å². The summed E-state index contributed by atoms with van der Waals surface area (Å²) in [6.07, 6.45) is 0. The largest absolute Gasteiger partial charge is 0.493 e. The number of hydrogen-bond donors (Lipinski definition) is 0. The van der Waals surface area contributed by atoms with E-state index in [1.807, 2.05) is 30.3 Å². The first-order valence-corrected chi connectivity index (χ1v) is 8.02. The Morgan fingerprint density at radius 3 is 2.60 bits per heavy atom. The number of thiazole rings is 1. The normalized spacial score (nSPS) is 10.3. The summed E-state index contributed by atoms with van der Waals surface area (Å²) in [7, 11) is 1.38. The summed E-state index contributed by atoms with van der Waals surface area (Å²) in [6.45, 7) is 0. The van der Waals surface area contributed by atoms with Gasteiger partial charge in [-0.05, 0) is 6.07 Å². The van der Waals surface area contributed by atoms with Gasteiger partial charge in [0.15, 0.2) is 17.2 Å². The Hall–Kier alpha value is -3.26. The van der Waals surface area contributed by atoms with Gasteiger partial charge in [0.25, 0.3) is 5.69 Å². The van der Waals surface area contributed by atoms with Gasteiger partial charge in [0, 0.05) is 17.0 Å². The SMILES string of the molecule is COc1ccc([N+](=O)[O-])cc1OC(=O)c1csc(-c2ccccc2)n1. The molecule has 7 nitrogen and oxygen atoms in total. The van der Waals surface area contributed by atoms with Crippen LogP contribution in [0.3, 0.4) is 0 Å². The van der Waals surface area contributed by atoms with E-state index in [1.165, 1.54) is 30.6 Å². The lowest BCUT2D eigenvalue weighted by molar-refractivity contribution is -0.384. The molecule has 0 radical (unpaired) electrons. The number of ether oxygens (including phenoxy) is 2. The second-order valence-corrected chi connectivity index (χ2v) is 5.74. The van der Waals surface area contributed by atoms with Crippen LogP contribution in [0.4, 0.5) is 5.69 Å². The van der Waals surface area contributed by atoms with E-state index in [9.17, 15) is 14.9 Å². The third kappa shape index (κ3) is 3.64. The van der Waals surface area contributed by atoms with Gasteiger partial charge in [-0.25, -0.2) is 9.78 Å². The Kier molecular flexibility index (Phi) is 4.71. The lowest BCUT2D eigenvalue weighted by atomic mass is 10.2. The van der Waals surface area contributed by atoms with Crippen LogP contribution in [0.1, 0.15) is 10.5 Å². The summed E-state index contributed by atoms with van der Waals surface area (Å²) in [4.78, 5) is 26.9. The van der Waals surface area contributed by atoms with Crippen molar-refractivity contribution in [3.8, 4) is 22.1 Å². The van der Waals surface area contributed by atoms with Gasteiger partial charge in [-0.1, -0.05) is 30.3 Å². The molecule has 0 aliphatic rings. The highest BCUT2D eigenvalue weighted by molar-refractivity contribution is 7.13. The maximum atomic E-state index is 12.3. The Labute approximate surface area is 146 Å². The summed E-state index contributed by atoms with van der Waals surface area (Å²) in [5.74, 6) is -0.523. The van der Waals surface area contributed by atoms with Crippen LogP contribution in [0.5, 0.6) is 11.5 Å². The molecule has 1 aromatic heterocycles. The van der Waals surface area contributed by atoms with Crippen LogP contribution >= 0.6 is 11.3 Å². The Balaban J connectivity index is 1.84. The molecule has 8 heteroatoms. The van der Waals surface area contributed by atoms with E-state index in [1.54, 1.807) is 5.38 Å². The van der Waals surface area contributed by atoms with Crippen molar-refractivity contribution in [1.29, 1.82) is 0 Å². The van der Waals surface area contributed by atoms with E-state index in [0.717, 1.165) is 11.6 Å². The highest BCUT2D eigenvalue weighted by atomic mass is 32.1. The van der Waals surface area contributed by atoms with Crippen molar-refractivity contribution < 1.29 is 19.2 Å². The minimum Gasteiger partial charge on any atom is -0.493 e. The maximum absolute atomic E-state index is 12.3. The van der Waals surface area contributed by atoms with Crippen molar-refractivity contribution >= 4 is 23.0 Å². The predicted molar refractivity (Wildman–Crippen MR) is 92.2 cm³/mol. The molecule has 3 aromatic rings. The average molecular weight is 356 g/mol. The van der Waals surface area contributed by atoms with Crippen LogP contribution in [0, 0.1) is 10.1 Å². The predicted octanol–water partition coefficient (Wildman–Crippen LogP) is 3.95. The number of esters is 1. The molecule has 0 aliphatic carbocycles. The minimum absolute atomic E-state index is 0.0315. The fraction of sp³-hybridized carbons (Fsp3) is 0.0588. The molecule has 0 unspecified atom stereocenters. The molecule has 3 rings (SSSR count). The molecule has 0 saturated carbocycles. The minimum atomic E-state index is -0.711. The lowest BCUT2D eigenvalue weighted by Crippen LogP contribution is -2.10. The van der Waals surface area contributed by atoms with Crippen LogP contribution in [0.25, 0.3) is 10.6 Å². The summed E-state index contributed by atoms with van der Waals surface area (Å²) >= 11 is 1.31. The van der Waals surface area contributed by atoms with Gasteiger partial charge in [-0.2, -0.15) is 0 Å². The quantitative estimate of drug-likeness (QED) is 0.297. The molecule has 0 saturated heterocycles. The molecule has 0 spiro atoms. The van der Waals surface area contributed by atoms with Gasteiger partial charge in [0.1, 0.15) is 5.01 Å². The van der Waals surface area contributed by atoms with Gasteiger partial charge < -0.3 is 9.47 Å². The number of non-ortho nitro benzene ring substituents is 1. The van der Waals surface area contributed by atoms with Crippen LogP contribution in [0.2, 0.25) is 0 Å². The standard InChI is InChI=1S/C17H12N2O5S/c1-23-14-8-7-12(19(21)22)9-15(14)24-17(20)13-10-25-16(18-13)11-5-3-2-4-6-11/h2-10H,1H3. The monoisotopic (exact) mass is 356 g/mol. The van der Waals surface area contributed by atoms with Crippen molar-refractivity contribution in [3.63, 3.8) is 0 Å². The summed E-state index contributed by atoms with van der Waals surface area (Å²) in [6, 6.07) is 13.2. The number of methoxy groups -OCH3 is 1. The zero-order valence-corrected chi connectivity index (χ0v) is 13.9. The van der Waals surface area contributed by atoms with Crippen LogP contribution in [-0.4, -0.2) is 23.0 Å². The van der Waals surface area contributed by atoms with Crippen molar-refractivity contribution in [2.45, 2.75) is 0 Å².